The molecule has 1 unspecified atom stereocenters. The second kappa shape index (κ2) is 8.85. The Morgan fingerprint density at radius 1 is 1.52 bits per heavy atom. The minimum Gasteiger partial charge on any atom is -0.494 e. The van der Waals surface area contributed by atoms with E-state index in [4.69, 9.17) is 4.74 Å². The van der Waals surface area contributed by atoms with Crippen LogP contribution in [0.3, 0.4) is 0 Å². The highest BCUT2D eigenvalue weighted by Crippen LogP contribution is 2.17. The zero-order valence-corrected chi connectivity index (χ0v) is 13.0. The van der Waals surface area contributed by atoms with Crippen molar-refractivity contribution in [2.45, 2.75) is 31.7 Å². The second-order valence-electron chi connectivity index (χ2n) is 5.07. The molecule has 0 aliphatic carbocycles. The van der Waals surface area contributed by atoms with Gasteiger partial charge in [-0.1, -0.05) is 6.07 Å². The Labute approximate surface area is 130 Å². The number of carbonyl (C=O) groups excluding carboxylic acids is 1. The van der Waals surface area contributed by atoms with Crippen molar-refractivity contribution in [1.82, 2.24) is 10.6 Å². The number of rotatable bonds is 6. The molecule has 1 amide bonds. The SMILES string of the molecule is COc1ccc(CCNC(=O)CC2CCCN2)cc1F.Cl. The summed E-state index contributed by atoms with van der Waals surface area (Å²) in [4.78, 5) is 11.7. The Kier molecular flexibility index (Phi) is 7.47. The number of benzene rings is 1. The minimum atomic E-state index is -0.369. The number of halogens is 2. The molecule has 0 bridgehead atoms. The van der Waals surface area contributed by atoms with E-state index < -0.39 is 0 Å². The molecule has 4 nitrogen and oxygen atoms in total. The van der Waals surface area contributed by atoms with E-state index in [1.54, 1.807) is 6.07 Å². The summed E-state index contributed by atoms with van der Waals surface area (Å²) in [6, 6.07) is 5.18. The first-order valence-corrected chi connectivity index (χ1v) is 7.01. The fraction of sp³-hybridized carbons (Fsp3) is 0.533. The van der Waals surface area contributed by atoms with Crippen molar-refractivity contribution in [1.29, 1.82) is 0 Å². The van der Waals surface area contributed by atoms with Gasteiger partial charge < -0.3 is 15.4 Å². The molecule has 118 valence electrons. The third-order valence-electron chi connectivity index (χ3n) is 3.55. The van der Waals surface area contributed by atoms with Gasteiger partial charge in [0, 0.05) is 19.0 Å². The predicted molar refractivity (Wildman–Crippen MR) is 82.6 cm³/mol. The number of hydrogen-bond donors (Lipinski definition) is 2. The standard InChI is InChI=1S/C15H21FN2O2.ClH/c1-20-14-5-4-11(9-13(14)16)6-8-18-15(19)10-12-3-2-7-17-12;/h4-5,9,12,17H,2-3,6-8,10H2,1H3,(H,18,19);1H. The van der Waals surface area contributed by atoms with Gasteiger partial charge in [-0.05, 0) is 43.5 Å². The second-order valence-corrected chi connectivity index (χ2v) is 5.07. The van der Waals surface area contributed by atoms with Crippen molar-refractivity contribution in [2.75, 3.05) is 20.2 Å². The molecule has 0 spiro atoms. The van der Waals surface area contributed by atoms with Crippen molar-refractivity contribution in [3.05, 3.63) is 29.6 Å². The summed E-state index contributed by atoms with van der Waals surface area (Å²) in [5.74, 6) is -0.0741. The Balaban J connectivity index is 0.00000220. The topological polar surface area (TPSA) is 50.4 Å². The molecule has 0 aromatic heterocycles. The lowest BCUT2D eigenvalue weighted by molar-refractivity contribution is -0.121. The first-order chi connectivity index (χ1) is 9.69. The monoisotopic (exact) mass is 316 g/mol. The molecule has 1 fully saturated rings. The van der Waals surface area contributed by atoms with Gasteiger partial charge >= 0.3 is 0 Å². The van der Waals surface area contributed by atoms with E-state index in [9.17, 15) is 9.18 Å². The Bertz CT molecular complexity index is 465. The molecule has 1 aliphatic heterocycles. The van der Waals surface area contributed by atoms with Crippen LogP contribution in [-0.4, -0.2) is 32.1 Å². The van der Waals surface area contributed by atoms with E-state index in [2.05, 4.69) is 10.6 Å². The maximum absolute atomic E-state index is 13.5. The molecular formula is C15H22ClFN2O2. The van der Waals surface area contributed by atoms with Crippen LogP contribution in [0.2, 0.25) is 0 Å². The third-order valence-corrected chi connectivity index (χ3v) is 3.55. The summed E-state index contributed by atoms with van der Waals surface area (Å²) in [5.41, 5.74) is 0.850. The van der Waals surface area contributed by atoms with E-state index in [0.717, 1.165) is 24.9 Å². The van der Waals surface area contributed by atoms with Gasteiger partial charge in [-0.15, -0.1) is 12.4 Å². The van der Waals surface area contributed by atoms with Gasteiger partial charge in [-0.25, -0.2) is 4.39 Å². The van der Waals surface area contributed by atoms with Crippen LogP contribution >= 0.6 is 12.4 Å². The molecule has 2 N–H and O–H groups in total. The summed E-state index contributed by atoms with van der Waals surface area (Å²) in [6.07, 6.45) is 3.35. The summed E-state index contributed by atoms with van der Waals surface area (Å²) >= 11 is 0. The molecule has 1 atom stereocenters. The van der Waals surface area contributed by atoms with Crippen LogP contribution in [0, 0.1) is 5.82 Å². The smallest absolute Gasteiger partial charge is 0.221 e. The van der Waals surface area contributed by atoms with Gasteiger partial charge in [0.1, 0.15) is 0 Å². The van der Waals surface area contributed by atoms with Crippen LogP contribution in [0.25, 0.3) is 0 Å². The minimum absolute atomic E-state index is 0. The van der Waals surface area contributed by atoms with E-state index >= 15 is 0 Å². The summed E-state index contributed by atoms with van der Waals surface area (Å²) in [5, 5.41) is 6.16. The summed E-state index contributed by atoms with van der Waals surface area (Å²) in [7, 11) is 1.44. The van der Waals surface area contributed by atoms with Gasteiger partial charge in [0.2, 0.25) is 5.91 Å². The van der Waals surface area contributed by atoms with Crippen LogP contribution in [0.15, 0.2) is 18.2 Å². The normalized spacial score (nSPS) is 17.1. The molecule has 0 saturated carbocycles. The number of ether oxygens (including phenoxy) is 1. The first kappa shape index (κ1) is 17.7. The van der Waals surface area contributed by atoms with Crippen molar-refractivity contribution < 1.29 is 13.9 Å². The van der Waals surface area contributed by atoms with E-state index in [1.807, 2.05) is 6.07 Å². The molecule has 1 aromatic carbocycles. The first-order valence-electron chi connectivity index (χ1n) is 7.01. The zero-order valence-electron chi connectivity index (χ0n) is 12.2. The van der Waals surface area contributed by atoms with Crippen molar-refractivity contribution >= 4 is 18.3 Å². The van der Waals surface area contributed by atoms with E-state index in [-0.39, 0.29) is 29.9 Å². The van der Waals surface area contributed by atoms with E-state index in [0.29, 0.717) is 25.4 Å². The fourth-order valence-corrected chi connectivity index (χ4v) is 2.44. The Hall–Kier alpha value is -1.33. The van der Waals surface area contributed by atoms with Gasteiger partial charge in [-0.2, -0.15) is 0 Å². The molecular weight excluding hydrogens is 295 g/mol. The quantitative estimate of drug-likeness (QED) is 0.844. The summed E-state index contributed by atoms with van der Waals surface area (Å²) in [6.45, 7) is 1.53. The summed E-state index contributed by atoms with van der Waals surface area (Å²) < 4.78 is 18.4. The maximum atomic E-state index is 13.5. The molecule has 0 radical (unpaired) electrons. The molecule has 1 heterocycles. The predicted octanol–water partition coefficient (Wildman–Crippen LogP) is 2.06. The van der Waals surface area contributed by atoms with E-state index in [1.165, 1.54) is 13.2 Å². The highest BCUT2D eigenvalue weighted by molar-refractivity contribution is 5.85. The molecule has 1 aromatic rings. The zero-order chi connectivity index (χ0) is 14.4. The molecule has 2 rings (SSSR count). The highest BCUT2D eigenvalue weighted by atomic mass is 35.5. The van der Waals surface area contributed by atoms with Crippen LogP contribution in [0.4, 0.5) is 4.39 Å². The van der Waals surface area contributed by atoms with Gasteiger partial charge in [0.05, 0.1) is 7.11 Å². The molecule has 1 aliphatic rings. The van der Waals surface area contributed by atoms with Crippen LogP contribution in [0.5, 0.6) is 5.75 Å². The number of methoxy groups -OCH3 is 1. The lowest BCUT2D eigenvalue weighted by Gasteiger charge is -2.10. The lowest BCUT2D eigenvalue weighted by atomic mass is 10.1. The Morgan fingerprint density at radius 2 is 2.33 bits per heavy atom. The van der Waals surface area contributed by atoms with Crippen LogP contribution in [0.1, 0.15) is 24.8 Å². The fourth-order valence-electron chi connectivity index (χ4n) is 2.44. The number of carbonyl (C=O) groups is 1. The van der Waals surface area contributed by atoms with Crippen molar-refractivity contribution in [3.63, 3.8) is 0 Å². The van der Waals surface area contributed by atoms with Crippen molar-refractivity contribution in [2.24, 2.45) is 0 Å². The number of nitrogens with one attached hydrogen (secondary N) is 2. The average Bonchev–Trinajstić information content (AvgIpc) is 2.92. The lowest BCUT2D eigenvalue weighted by Crippen LogP contribution is -2.32. The average molecular weight is 317 g/mol. The molecule has 21 heavy (non-hydrogen) atoms. The van der Waals surface area contributed by atoms with Gasteiger partial charge in [0.25, 0.3) is 0 Å². The molecule has 6 heteroatoms. The van der Waals surface area contributed by atoms with Crippen LogP contribution in [-0.2, 0) is 11.2 Å². The number of hydrogen-bond acceptors (Lipinski definition) is 3. The largest absolute Gasteiger partial charge is 0.494 e. The van der Waals surface area contributed by atoms with Gasteiger partial charge in [0.15, 0.2) is 11.6 Å². The van der Waals surface area contributed by atoms with Crippen LogP contribution < -0.4 is 15.4 Å². The maximum Gasteiger partial charge on any atom is 0.221 e. The van der Waals surface area contributed by atoms with Crippen molar-refractivity contribution in [3.8, 4) is 5.75 Å². The Morgan fingerprint density at radius 3 is 2.95 bits per heavy atom. The number of amides is 1. The molecule has 1 saturated heterocycles. The highest BCUT2D eigenvalue weighted by Gasteiger charge is 2.17. The third kappa shape index (κ3) is 5.52. The van der Waals surface area contributed by atoms with Gasteiger partial charge in [-0.3, -0.25) is 4.79 Å².